The maximum atomic E-state index is 10.7. The molecular formula is C13H8Cl3NO3. The molecule has 2 aromatic rings. The molecule has 0 saturated carbocycles. The Morgan fingerprint density at radius 3 is 2.50 bits per heavy atom. The number of nitro benzene ring substituents is 1. The second-order valence-corrected chi connectivity index (χ2v) is 4.97. The average Bonchev–Trinajstić information content (AvgIpc) is 2.38. The Balaban J connectivity index is 2.33. The molecular weight excluding hydrogens is 325 g/mol. The van der Waals surface area contributed by atoms with E-state index in [1.807, 2.05) is 0 Å². The molecule has 20 heavy (non-hydrogen) atoms. The second kappa shape index (κ2) is 6.31. The Morgan fingerprint density at radius 1 is 1.15 bits per heavy atom. The minimum Gasteiger partial charge on any atom is -0.457 e. The Kier molecular flexibility index (Phi) is 4.70. The van der Waals surface area contributed by atoms with Crippen molar-refractivity contribution in [3.63, 3.8) is 0 Å². The van der Waals surface area contributed by atoms with Crippen LogP contribution in [0.3, 0.4) is 0 Å². The first-order valence-corrected chi connectivity index (χ1v) is 6.76. The highest BCUT2D eigenvalue weighted by molar-refractivity contribution is 6.32. The van der Waals surface area contributed by atoms with E-state index in [2.05, 4.69) is 0 Å². The zero-order chi connectivity index (χ0) is 14.7. The van der Waals surface area contributed by atoms with E-state index < -0.39 is 4.92 Å². The van der Waals surface area contributed by atoms with E-state index >= 15 is 0 Å². The van der Waals surface area contributed by atoms with Gasteiger partial charge in [0.15, 0.2) is 0 Å². The molecule has 0 bridgehead atoms. The second-order valence-electron chi connectivity index (χ2n) is 3.86. The van der Waals surface area contributed by atoms with Crippen LogP contribution >= 0.6 is 34.8 Å². The number of ether oxygens (including phenoxy) is 1. The highest BCUT2D eigenvalue weighted by atomic mass is 35.5. The van der Waals surface area contributed by atoms with Gasteiger partial charge in [0.2, 0.25) is 0 Å². The van der Waals surface area contributed by atoms with E-state index in [0.29, 0.717) is 16.5 Å². The van der Waals surface area contributed by atoms with Crippen LogP contribution in [0, 0.1) is 10.1 Å². The lowest BCUT2D eigenvalue weighted by Crippen LogP contribution is -1.92. The van der Waals surface area contributed by atoms with Crippen molar-refractivity contribution >= 4 is 40.5 Å². The molecule has 0 aromatic heterocycles. The van der Waals surface area contributed by atoms with Crippen LogP contribution in [-0.4, -0.2) is 4.92 Å². The summed E-state index contributed by atoms with van der Waals surface area (Å²) < 4.78 is 5.62. The van der Waals surface area contributed by atoms with Crippen LogP contribution in [0.5, 0.6) is 11.5 Å². The minimum absolute atomic E-state index is 0.00181. The number of rotatable bonds is 4. The first-order valence-electron chi connectivity index (χ1n) is 5.47. The molecule has 0 unspecified atom stereocenters. The van der Waals surface area contributed by atoms with E-state index in [0.717, 1.165) is 5.56 Å². The fraction of sp³-hybridized carbons (Fsp3) is 0.0769. The zero-order valence-corrected chi connectivity index (χ0v) is 12.2. The van der Waals surface area contributed by atoms with Gasteiger partial charge in [-0.3, -0.25) is 10.1 Å². The van der Waals surface area contributed by atoms with Crippen LogP contribution in [0.1, 0.15) is 5.56 Å². The maximum absolute atomic E-state index is 10.7. The summed E-state index contributed by atoms with van der Waals surface area (Å²) in [4.78, 5) is 10.1. The lowest BCUT2D eigenvalue weighted by atomic mass is 10.2. The molecule has 2 rings (SSSR count). The molecule has 2 aromatic carbocycles. The Bertz CT molecular complexity index is 661. The summed E-state index contributed by atoms with van der Waals surface area (Å²) in [5.41, 5.74) is 0.577. The van der Waals surface area contributed by atoms with Crippen molar-refractivity contribution in [2.75, 3.05) is 0 Å². The van der Waals surface area contributed by atoms with Gasteiger partial charge in [0, 0.05) is 22.7 Å². The topological polar surface area (TPSA) is 52.4 Å². The average molecular weight is 333 g/mol. The van der Waals surface area contributed by atoms with Gasteiger partial charge in [-0.1, -0.05) is 29.3 Å². The summed E-state index contributed by atoms with van der Waals surface area (Å²) in [6.07, 6.45) is 0. The van der Waals surface area contributed by atoms with Crippen molar-refractivity contribution < 1.29 is 9.66 Å². The van der Waals surface area contributed by atoms with E-state index in [4.69, 9.17) is 39.5 Å². The van der Waals surface area contributed by atoms with Gasteiger partial charge < -0.3 is 4.74 Å². The first kappa shape index (κ1) is 14.9. The number of alkyl halides is 1. The van der Waals surface area contributed by atoms with Crippen LogP contribution in [0.15, 0.2) is 36.4 Å². The van der Waals surface area contributed by atoms with Crippen molar-refractivity contribution in [2.45, 2.75) is 5.88 Å². The highest BCUT2D eigenvalue weighted by Crippen LogP contribution is 2.33. The monoisotopic (exact) mass is 331 g/mol. The molecule has 4 nitrogen and oxygen atoms in total. The smallest absolute Gasteiger partial charge is 0.288 e. The van der Waals surface area contributed by atoms with Gasteiger partial charge in [-0.2, -0.15) is 0 Å². The molecule has 0 spiro atoms. The molecule has 0 aliphatic rings. The molecule has 0 saturated heterocycles. The maximum Gasteiger partial charge on any atom is 0.288 e. The SMILES string of the molecule is O=[N+]([O-])c1ccc(Oc2cc(Cl)ccc2CCl)cc1Cl. The van der Waals surface area contributed by atoms with Crippen LogP contribution in [0.25, 0.3) is 0 Å². The minimum atomic E-state index is -0.560. The first-order chi connectivity index (χ1) is 9.51. The van der Waals surface area contributed by atoms with Crippen molar-refractivity contribution in [3.8, 4) is 11.5 Å². The van der Waals surface area contributed by atoms with Crippen LogP contribution in [-0.2, 0) is 5.88 Å². The molecule has 0 atom stereocenters. The molecule has 7 heteroatoms. The van der Waals surface area contributed by atoms with Crippen LogP contribution < -0.4 is 4.74 Å². The van der Waals surface area contributed by atoms with Crippen LogP contribution in [0.2, 0.25) is 10.0 Å². The Hall–Kier alpha value is -1.49. The van der Waals surface area contributed by atoms with Gasteiger partial charge in [-0.15, -0.1) is 11.6 Å². The Labute approximate surface area is 130 Å². The summed E-state index contributed by atoms with van der Waals surface area (Å²) in [7, 11) is 0. The largest absolute Gasteiger partial charge is 0.457 e. The van der Waals surface area contributed by atoms with Gasteiger partial charge in [0.25, 0.3) is 5.69 Å². The fourth-order valence-corrected chi connectivity index (χ4v) is 2.18. The highest BCUT2D eigenvalue weighted by Gasteiger charge is 2.13. The van der Waals surface area contributed by atoms with E-state index in [-0.39, 0.29) is 16.6 Å². The van der Waals surface area contributed by atoms with E-state index in [9.17, 15) is 10.1 Å². The summed E-state index contributed by atoms with van der Waals surface area (Å²) >= 11 is 17.5. The van der Waals surface area contributed by atoms with Crippen molar-refractivity contribution in [1.29, 1.82) is 0 Å². The van der Waals surface area contributed by atoms with Crippen molar-refractivity contribution in [3.05, 3.63) is 62.1 Å². The number of hydrogen-bond acceptors (Lipinski definition) is 3. The third-order valence-corrected chi connectivity index (χ3v) is 3.34. The van der Waals surface area contributed by atoms with Gasteiger partial charge >= 0.3 is 0 Å². The van der Waals surface area contributed by atoms with Gasteiger partial charge in [0.1, 0.15) is 16.5 Å². The number of benzene rings is 2. The summed E-state index contributed by atoms with van der Waals surface area (Å²) in [6.45, 7) is 0. The molecule has 0 heterocycles. The van der Waals surface area contributed by atoms with Crippen molar-refractivity contribution in [1.82, 2.24) is 0 Å². The predicted molar refractivity (Wildman–Crippen MR) is 79.2 cm³/mol. The number of halogens is 3. The van der Waals surface area contributed by atoms with Gasteiger partial charge in [-0.25, -0.2) is 0 Å². The van der Waals surface area contributed by atoms with Gasteiger partial charge in [0.05, 0.1) is 10.8 Å². The quantitative estimate of drug-likeness (QED) is 0.426. The normalized spacial score (nSPS) is 10.3. The molecule has 0 amide bonds. The van der Waals surface area contributed by atoms with E-state index in [1.165, 1.54) is 18.2 Å². The number of hydrogen-bond donors (Lipinski definition) is 0. The molecule has 0 N–H and O–H groups in total. The fourth-order valence-electron chi connectivity index (χ4n) is 1.56. The summed E-state index contributed by atoms with van der Waals surface area (Å²) in [6, 6.07) is 9.19. The summed E-state index contributed by atoms with van der Waals surface area (Å²) in [5.74, 6) is 1.11. The lowest BCUT2D eigenvalue weighted by Gasteiger charge is -2.10. The third-order valence-electron chi connectivity index (χ3n) is 2.52. The third kappa shape index (κ3) is 3.33. The van der Waals surface area contributed by atoms with E-state index in [1.54, 1.807) is 18.2 Å². The predicted octanol–water partition coefficient (Wildman–Crippen LogP) is 5.43. The molecule has 0 radical (unpaired) electrons. The molecule has 0 fully saturated rings. The van der Waals surface area contributed by atoms with Crippen molar-refractivity contribution in [2.24, 2.45) is 0 Å². The van der Waals surface area contributed by atoms with Crippen LogP contribution in [0.4, 0.5) is 5.69 Å². The number of nitrogens with zero attached hydrogens (tertiary/aromatic N) is 1. The summed E-state index contributed by atoms with van der Waals surface area (Å²) in [5, 5.41) is 11.2. The standard InChI is InChI=1S/C13H8Cl3NO3/c14-7-8-1-2-9(15)5-13(8)20-10-3-4-12(17(18)19)11(16)6-10/h1-6H,7H2. The zero-order valence-electron chi connectivity index (χ0n) is 9.98. The van der Waals surface area contributed by atoms with Gasteiger partial charge in [-0.05, 0) is 18.2 Å². The molecule has 0 aliphatic carbocycles. The Morgan fingerprint density at radius 2 is 1.90 bits per heavy atom. The molecule has 104 valence electrons. The molecule has 0 aliphatic heterocycles. The number of nitro groups is 1. The lowest BCUT2D eigenvalue weighted by molar-refractivity contribution is -0.384.